The molecule has 0 amide bonds. The molecule has 0 aromatic carbocycles. The number of cyclic esters (lactones) is 1. The summed E-state index contributed by atoms with van der Waals surface area (Å²) in [5.41, 5.74) is -13.6. The third kappa shape index (κ3) is 7.14. The Morgan fingerprint density at radius 3 is 1.94 bits per heavy atom. The van der Waals surface area contributed by atoms with Crippen LogP contribution in [0.2, 0.25) is 0 Å². The zero-order chi connectivity index (χ0) is 45.9. The van der Waals surface area contributed by atoms with Crippen LogP contribution in [-0.4, -0.2) is 135 Å². The van der Waals surface area contributed by atoms with Crippen LogP contribution < -0.4 is 0 Å². The molecule has 4 aliphatic rings. The Kier molecular flexibility index (Phi) is 11.8. The first-order valence-electron chi connectivity index (χ1n) is 19.4. The van der Waals surface area contributed by atoms with E-state index in [2.05, 4.69) is 4.98 Å². The largest absolute Gasteiger partial charge is 0.459 e. The number of esters is 8. The molecule has 6 rings (SSSR count). The van der Waals surface area contributed by atoms with Gasteiger partial charge in [-0.1, -0.05) is 6.92 Å². The van der Waals surface area contributed by atoms with E-state index in [0.717, 1.165) is 60.9 Å². The Labute approximate surface area is 353 Å². The molecule has 2 N–H and O–H groups in total. The monoisotopic (exact) mass is 873 g/mol. The van der Waals surface area contributed by atoms with Gasteiger partial charge in [0.1, 0.15) is 42.0 Å². The second-order valence-electron chi connectivity index (χ2n) is 16.4. The first kappa shape index (κ1) is 45.6. The van der Waals surface area contributed by atoms with Crippen molar-refractivity contribution in [1.29, 1.82) is 0 Å². The van der Waals surface area contributed by atoms with Gasteiger partial charge in [0.25, 0.3) is 0 Å². The highest BCUT2D eigenvalue weighted by Crippen LogP contribution is 2.70. The number of pyridine rings is 1. The first-order chi connectivity index (χ1) is 28.9. The molecule has 2 aromatic heterocycles. The predicted octanol–water partition coefficient (Wildman–Crippen LogP) is 1.04. The maximum absolute atomic E-state index is 14.6. The minimum absolute atomic E-state index is 0.0457. The number of hydrogen-bond donors (Lipinski definition) is 2. The van der Waals surface area contributed by atoms with Crippen LogP contribution in [0.4, 0.5) is 0 Å². The van der Waals surface area contributed by atoms with E-state index in [9.17, 15) is 48.6 Å². The molecule has 0 radical (unpaired) electrons. The summed E-state index contributed by atoms with van der Waals surface area (Å²) in [5.74, 6) is -12.6. The zero-order valence-corrected chi connectivity index (χ0v) is 35.2. The van der Waals surface area contributed by atoms with E-state index in [0.29, 0.717) is 0 Å². The van der Waals surface area contributed by atoms with Crippen LogP contribution in [0.15, 0.2) is 41.3 Å². The average Bonchev–Trinajstić information content (AvgIpc) is 3.79. The number of furan rings is 1. The standard InChI is InChI=1S/C41H47NO20/c1-18-24-12-13-42-15-25(24)34(48)54-16-37(7)27-28(56-19(2)43)32(59-22(5)46)40(17-55-35(49)26-11-10-14-53-26)33(60-23(6)47)29(57-20(3)44)31(61-36(50)38(18,8)51)39(9,52)41(40,62-37)30(27)58-21(4)45/h10-15,18,27-33,51-52H,16-17H2,1-9H3/t18?,27-,28-,29+,30-,31+,32-,33+,37+,38?,39+,40-,41+/m1/s1. The van der Waals surface area contributed by atoms with Crippen LogP contribution in [0.5, 0.6) is 0 Å². The highest BCUT2D eigenvalue weighted by molar-refractivity contribution is 5.92. The second kappa shape index (κ2) is 16.1. The Morgan fingerprint density at radius 1 is 0.806 bits per heavy atom. The maximum Gasteiger partial charge on any atom is 0.374 e. The molecule has 4 bridgehead atoms. The lowest BCUT2D eigenvalue weighted by atomic mass is 9.45. The molecule has 2 aliphatic carbocycles. The normalized spacial score (nSPS) is 37.3. The van der Waals surface area contributed by atoms with E-state index in [1.54, 1.807) is 0 Å². The van der Waals surface area contributed by atoms with Crippen LogP contribution in [0.3, 0.4) is 0 Å². The smallest absolute Gasteiger partial charge is 0.374 e. The van der Waals surface area contributed by atoms with Crippen molar-refractivity contribution in [2.24, 2.45) is 11.3 Å². The van der Waals surface area contributed by atoms with Crippen LogP contribution in [0, 0.1) is 11.3 Å². The number of aromatic nitrogens is 1. The van der Waals surface area contributed by atoms with Crippen molar-refractivity contribution in [1.82, 2.24) is 4.98 Å². The van der Waals surface area contributed by atoms with Gasteiger partial charge in [0.05, 0.1) is 17.7 Å². The van der Waals surface area contributed by atoms with Gasteiger partial charge in [-0.3, -0.25) is 29.0 Å². The molecular weight excluding hydrogens is 826 g/mol. The molecule has 4 heterocycles. The quantitative estimate of drug-likeness (QED) is 0.277. The van der Waals surface area contributed by atoms with Crippen molar-refractivity contribution in [3.8, 4) is 0 Å². The molecule has 21 heteroatoms. The number of carbonyl (C=O) groups is 8. The van der Waals surface area contributed by atoms with Gasteiger partial charge in [0.2, 0.25) is 5.76 Å². The predicted molar refractivity (Wildman–Crippen MR) is 199 cm³/mol. The van der Waals surface area contributed by atoms with Crippen molar-refractivity contribution in [3.05, 3.63) is 53.7 Å². The van der Waals surface area contributed by atoms with Gasteiger partial charge >= 0.3 is 47.8 Å². The number of ether oxygens (including phenoxy) is 9. The molecule has 336 valence electrons. The lowest BCUT2D eigenvalue weighted by Gasteiger charge is -2.67. The van der Waals surface area contributed by atoms with Gasteiger partial charge in [-0.2, -0.15) is 0 Å². The van der Waals surface area contributed by atoms with Crippen LogP contribution >= 0.6 is 0 Å². The fraction of sp³-hybridized carbons (Fsp3) is 0.585. The summed E-state index contributed by atoms with van der Waals surface area (Å²) in [6.07, 6.45) is -9.28. The van der Waals surface area contributed by atoms with Crippen LogP contribution in [0.1, 0.15) is 94.7 Å². The number of fused-ring (bicyclic) bond motifs is 5. The van der Waals surface area contributed by atoms with Gasteiger partial charge in [0, 0.05) is 52.9 Å². The summed E-state index contributed by atoms with van der Waals surface area (Å²) in [7, 11) is 0. The summed E-state index contributed by atoms with van der Waals surface area (Å²) in [4.78, 5) is 113. The van der Waals surface area contributed by atoms with Crippen molar-refractivity contribution in [2.45, 2.75) is 127 Å². The lowest BCUT2D eigenvalue weighted by molar-refractivity contribution is -0.387. The molecule has 21 nitrogen and oxygen atoms in total. The Hall–Kier alpha value is -5.93. The summed E-state index contributed by atoms with van der Waals surface area (Å²) in [6, 6.07) is 3.92. The number of aliphatic hydroxyl groups is 2. The number of hydrogen-bond acceptors (Lipinski definition) is 21. The Bertz CT molecular complexity index is 2170. The van der Waals surface area contributed by atoms with Crippen molar-refractivity contribution >= 4 is 47.8 Å². The maximum atomic E-state index is 14.6. The minimum Gasteiger partial charge on any atom is -0.459 e. The fourth-order valence-electron chi connectivity index (χ4n) is 9.72. The van der Waals surface area contributed by atoms with Crippen molar-refractivity contribution in [3.63, 3.8) is 0 Å². The van der Waals surface area contributed by atoms with Crippen molar-refractivity contribution in [2.75, 3.05) is 13.2 Å². The summed E-state index contributed by atoms with van der Waals surface area (Å²) in [5, 5.41) is 25.6. The fourth-order valence-corrected chi connectivity index (χ4v) is 9.72. The van der Waals surface area contributed by atoms with Gasteiger partial charge in [-0.05, 0) is 44.5 Å². The number of carbonyl (C=O) groups excluding carboxylic acids is 8. The third-order valence-corrected chi connectivity index (χ3v) is 12.3. The number of nitrogens with zero attached hydrogens (tertiary/aromatic N) is 1. The van der Waals surface area contributed by atoms with Crippen LogP contribution in [-0.2, 0) is 71.4 Å². The van der Waals surface area contributed by atoms with E-state index < -0.39 is 137 Å². The summed E-state index contributed by atoms with van der Waals surface area (Å²) >= 11 is 0. The zero-order valence-electron chi connectivity index (χ0n) is 35.2. The highest BCUT2D eigenvalue weighted by atomic mass is 16.7. The van der Waals surface area contributed by atoms with E-state index in [-0.39, 0.29) is 16.9 Å². The lowest BCUT2D eigenvalue weighted by Crippen LogP contribution is -2.89. The van der Waals surface area contributed by atoms with Gasteiger partial charge in [-0.15, -0.1) is 0 Å². The molecular formula is C41H47NO20. The van der Waals surface area contributed by atoms with E-state index in [1.165, 1.54) is 38.2 Å². The van der Waals surface area contributed by atoms with Gasteiger partial charge in [-0.25, -0.2) is 14.4 Å². The molecule has 2 aliphatic heterocycles. The summed E-state index contributed by atoms with van der Waals surface area (Å²) < 4.78 is 59.8. The Morgan fingerprint density at radius 2 is 1.37 bits per heavy atom. The molecule has 2 saturated carbocycles. The molecule has 2 unspecified atom stereocenters. The van der Waals surface area contributed by atoms with Crippen molar-refractivity contribution < 1.29 is 95.6 Å². The topological polar surface area (TPSA) is 286 Å². The van der Waals surface area contributed by atoms with Gasteiger partial charge < -0.3 is 57.3 Å². The first-order valence-corrected chi connectivity index (χ1v) is 19.4. The van der Waals surface area contributed by atoms with Crippen LogP contribution in [0.25, 0.3) is 0 Å². The molecule has 62 heavy (non-hydrogen) atoms. The minimum atomic E-state index is -3.00. The molecule has 13 atom stereocenters. The molecule has 1 spiro atoms. The van der Waals surface area contributed by atoms with E-state index in [1.807, 2.05) is 0 Å². The van der Waals surface area contributed by atoms with E-state index in [4.69, 9.17) is 47.0 Å². The molecule has 2 aromatic rings. The second-order valence-corrected chi connectivity index (χ2v) is 16.4. The summed E-state index contributed by atoms with van der Waals surface area (Å²) in [6.45, 7) is 7.43. The number of rotatable bonds is 8. The van der Waals surface area contributed by atoms with E-state index >= 15 is 0 Å². The average molecular weight is 874 g/mol. The SMILES string of the molecule is CC(=O)O[C@@H]1[C@@H]2[C@@H](OC(C)=O)[C@@]34O[C@@]2(C)COC(=O)c2cnccc2C(C)C(C)(O)C(=O)O[C@@H]([C@H](OC(C)=O)[C@H](OC(C)=O)[C@@]3(COC(=O)c2ccco2)[C@@H]1OC(C)=O)[C@]4(C)O. The molecule has 3 fully saturated rings. The third-order valence-electron chi connectivity index (χ3n) is 12.3. The highest BCUT2D eigenvalue weighted by Gasteiger charge is 2.92. The molecule has 1 saturated heterocycles. The van der Waals surface area contributed by atoms with Gasteiger partial charge in [0.15, 0.2) is 35.6 Å². The Balaban J connectivity index is 1.80.